The van der Waals surface area contributed by atoms with Crippen LogP contribution in [0.25, 0.3) is 0 Å². The van der Waals surface area contributed by atoms with Gasteiger partial charge >= 0.3 is 0 Å². The van der Waals surface area contributed by atoms with Crippen molar-refractivity contribution in [3.8, 4) is 0 Å². The van der Waals surface area contributed by atoms with Crippen LogP contribution in [0.15, 0.2) is 12.0 Å². The third-order valence-electron chi connectivity index (χ3n) is 4.00. The van der Waals surface area contributed by atoms with Gasteiger partial charge in [0.1, 0.15) is 0 Å². The van der Waals surface area contributed by atoms with E-state index in [0.29, 0.717) is 13.2 Å². The van der Waals surface area contributed by atoms with Gasteiger partial charge in [0, 0.05) is 36.5 Å². The van der Waals surface area contributed by atoms with Crippen LogP contribution in [0.4, 0.5) is 0 Å². The summed E-state index contributed by atoms with van der Waals surface area (Å²) in [5.74, 6) is -0.782. The van der Waals surface area contributed by atoms with Gasteiger partial charge in [-0.3, -0.25) is 10.1 Å². The van der Waals surface area contributed by atoms with Crippen LogP contribution in [0.1, 0.15) is 40.5 Å². The summed E-state index contributed by atoms with van der Waals surface area (Å²) in [5.41, 5.74) is -1.61. The lowest BCUT2D eigenvalue weighted by Crippen LogP contribution is -2.56. The summed E-state index contributed by atoms with van der Waals surface area (Å²) in [6, 6.07) is 0.197. The molecule has 1 heterocycles. The summed E-state index contributed by atoms with van der Waals surface area (Å²) in [4.78, 5) is 12.3. The van der Waals surface area contributed by atoms with E-state index in [1.54, 1.807) is 27.7 Å². The Morgan fingerprint density at radius 3 is 2.39 bits per heavy atom. The maximum atomic E-state index is 12.3. The van der Waals surface area contributed by atoms with Crippen LogP contribution in [0, 0.1) is 10.8 Å². The van der Waals surface area contributed by atoms with E-state index in [0.717, 1.165) is 18.9 Å². The highest BCUT2D eigenvalue weighted by atomic mass is 16.5. The first-order valence-electron chi connectivity index (χ1n) is 7.86. The van der Waals surface area contributed by atoms with Crippen molar-refractivity contribution in [3.05, 3.63) is 12.0 Å². The predicted octanol–water partition coefficient (Wildman–Crippen LogP) is 1.09. The molecule has 1 fully saturated rings. The minimum absolute atomic E-state index is 0.0352. The number of aliphatic hydroxyl groups excluding tert-OH is 2. The quantitative estimate of drug-likeness (QED) is 0.355. The van der Waals surface area contributed by atoms with E-state index in [2.05, 4.69) is 10.6 Å². The third kappa shape index (κ3) is 5.93. The zero-order valence-corrected chi connectivity index (χ0v) is 14.4. The molecule has 0 radical (unpaired) electrons. The molecule has 5 N–H and O–H groups in total. The number of nitrogens with one attached hydrogen (secondary N) is 3. The van der Waals surface area contributed by atoms with Crippen LogP contribution in [0.2, 0.25) is 0 Å². The molecule has 132 valence electrons. The van der Waals surface area contributed by atoms with Gasteiger partial charge in [0.15, 0.2) is 5.88 Å². The zero-order valence-electron chi connectivity index (χ0n) is 14.4. The molecule has 1 amide bonds. The normalized spacial score (nSPS) is 17.9. The number of allylic oxidation sites excluding steroid dienone is 1. The molecule has 1 saturated heterocycles. The molecule has 0 saturated carbocycles. The maximum Gasteiger partial charge on any atom is 0.246 e. The van der Waals surface area contributed by atoms with Gasteiger partial charge in [0.05, 0.1) is 12.1 Å². The molecule has 1 aliphatic heterocycles. The van der Waals surface area contributed by atoms with Crippen molar-refractivity contribution >= 4 is 11.6 Å². The minimum atomic E-state index is -0.863. The Labute approximate surface area is 137 Å². The Morgan fingerprint density at radius 1 is 1.30 bits per heavy atom. The second-order valence-corrected chi connectivity index (χ2v) is 7.10. The first kappa shape index (κ1) is 19.6. The smallest absolute Gasteiger partial charge is 0.246 e. The molecule has 0 bridgehead atoms. The van der Waals surface area contributed by atoms with E-state index in [-0.39, 0.29) is 24.3 Å². The molecule has 0 spiro atoms. The van der Waals surface area contributed by atoms with Crippen molar-refractivity contribution in [3.63, 3.8) is 0 Å². The van der Waals surface area contributed by atoms with Crippen molar-refractivity contribution in [2.45, 2.75) is 52.1 Å². The lowest BCUT2D eigenvalue weighted by molar-refractivity contribution is -0.127. The Kier molecular flexibility index (Phi) is 6.73. The Bertz CT molecular complexity index is 466. The van der Waals surface area contributed by atoms with Crippen LogP contribution >= 0.6 is 0 Å². The SMILES string of the molecule is CC(C)(CO)C(=N)/C=C(\O)NC(=O)C(C)(C)NC1CCOCC1. The number of amides is 1. The van der Waals surface area contributed by atoms with Gasteiger partial charge in [-0.25, -0.2) is 0 Å². The highest BCUT2D eigenvalue weighted by molar-refractivity contribution is 5.97. The summed E-state index contributed by atoms with van der Waals surface area (Å²) in [6.07, 6.45) is 2.83. The minimum Gasteiger partial charge on any atom is -0.494 e. The second-order valence-electron chi connectivity index (χ2n) is 7.10. The maximum absolute atomic E-state index is 12.3. The number of ether oxygens (including phenoxy) is 1. The lowest BCUT2D eigenvalue weighted by atomic mass is 9.88. The first-order valence-corrected chi connectivity index (χ1v) is 7.86. The number of carbonyl (C=O) groups excluding carboxylic acids is 1. The molecule has 23 heavy (non-hydrogen) atoms. The molecule has 0 aromatic rings. The van der Waals surface area contributed by atoms with E-state index in [1.807, 2.05) is 0 Å². The van der Waals surface area contributed by atoms with E-state index < -0.39 is 16.8 Å². The summed E-state index contributed by atoms with van der Waals surface area (Å²) in [5, 5.41) is 32.6. The Balaban J connectivity index is 2.63. The van der Waals surface area contributed by atoms with Gasteiger partial charge in [-0.05, 0) is 26.7 Å². The zero-order chi connectivity index (χ0) is 17.7. The number of aliphatic hydroxyl groups is 2. The third-order valence-corrected chi connectivity index (χ3v) is 4.00. The lowest BCUT2D eigenvalue weighted by Gasteiger charge is -2.32. The van der Waals surface area contributed by atoms with Crippen LogP contribution < -0.4 is 10.6 Å². The predicted molar refractivity (Wildman–Crippen MR) is 88.5 cm³/mol. The van der Waals surface area contributed by atoms with Crippen molar-refractivity contribution in [2.24, 2.45) is 5.41 Å². The number of hydrogen-bond acceptors (Lipinski definition) is 6. The number of rotatable bonds is 7. The van der Waals surface area contributed by atoms with Crippen LogP contribution in [0.3, 0.4) is 0 Å². The van der Waals surface area contributed by atoms with Gasteiger partial charge in [0.25, 0.3) is 0 Å². The average Bonchev–Trinajstić information content (AvgIpc) is 2.47. The Hall–Kier alpha value is -1.44. The molecule has 0 aliphatic carbocycles. The molecule has 1 aliphatic rings. The van der Waals surface area contributed by atoms with Gasteiger partial charge in [-0.15, -0.1) is 0 Å². The molecule has 0 aromatic heterocycles. The molecular formula is C16H29N3O4. The van der Waals surface area contributed by atoms with Crippen molar-refractivity contribution in [2.75, 3.05) is 19.8 Å². The molecular weight excluding hydrogens is 298 g/mol. The fourth-order valence-corrected chi connectivity index (χ4v) is 2.14. The highest BCUT2D eigenvalue weighted by Gasteiger charge is 2.31. The standard InChI is InChI=1S/C16H29N3O4/c1-15(2,10-20)12(17)9-13(21)18-14(22)16(3,4)19-11-5-7-23-8-6-11/h9,11,17,19-21H,5-8,10H2,1-4H3,(H,18,22)/b13-9-,17-12?. The van der Waals surface area contributed by atoms with Crippen LogP contribution in [-0.4, -0.2) is 53.2 Å². The van der Waals surface area contributed by atoms with Gasteiger partial charge < -0.3 is 25.7 Å². The van der Waals surface area contributed by atoms with E-state index in [1.165, 1.54) is 0 Å². The van der Waals surface area contributed by atoms with Crippen LogP contribution in [-0.2, 0) is 9.53 Å². The summed E-state index contributed by atoms with van der Waals surface area (Å²) < 4.78 is 5.29. The number of hydrogen-bond donors (Lipinski definition) is 5. The fourth-order valence-electron chi connectivity index (χ4n) is 2.14. The molecule has 0 aromatic carbocycles. The Morgan fingerprint density at radius 2 is 1.87 bits per heavy atom. The van der Waals surface area contributed by atoms with Crippen molar-refractivity contribution in [1.82, 2.24) is 10.6 Å². The molecule has 7 nitrogen and oxygen atoms in total. The highest BCUT2D eigenvalue weighted by Crippen LogP contribution is 2.17. The van der Waals surface area contributed by atoms with Crippen molar-refractivity contribution < 1.29 is 19.7 Å². The van der Waals surface area contributed by atoms with Gasteiger partial charge in [-0.2, -0.15) is 0 Å². The largest absolute Gasteiger partial charge is 0.494 e. The van der Waals surface area contributed by atoms with Crippen LogP contribution in [0.5, 0.6) is 0 Å². The molecule has 7 heteroatoms. The fraction of sp³-hybridized carbons (Fsp3) is 0.750. The summed E-state index contributed by atoms with van der Waals surface area (Å²) >= 11 is 0. The summed E-state index contributed by atoms with van der Waals surface area (Å²) in [6.45, 7) is 7.97. The second kappa shape index (κ2) is 7.90. The first-order chi connectivity index (χ1) is 10.6. The van der Waals surface area contributed by atoms with Gasteiger partial charge in [0.2, 0.25) is 5.91 Å². The van der Waals surface area contributed by atoms with E-state index in [4.69, 9.17) is 10.1 Å². The number of carbonyl (C=O) groups is 1. The average molecular weight is 327 g/mol. The van der Waals surface area contributed by atoms with E-state index >= 15 is 0 Å². The summed E-state index contributed by atoms with van der Waals surface area (Å²) in [7, 11) is 0. The van der Waals surface area contributed by atoms with Crippen molar-refractivity contribution in [1.29, 1.82) is 5.41 Å². The monoisotopic (exact) mass is 327 g/mol. The van der Waals surface area contributed by atoms with E-state index in [9.17, 15) is 15.0 Å². The molecule has 0 atom stereocenters. The molecule has 1 rings (SSSR count). The molecule has 0 unspecified atom stereocenters. The van der Waals surface area contributed by atoms with Gasteiger partial charge in [-0.1, -0.05) is 13.8 Å². The topological polar surface area (TPSA) is 115 Å².